The molecule has 4 atom stereocenters. The van der Waals surface area contributed by atoms with Crippen molar-refractivity contribution in [3.8, 4) is 11.5 Å². The molecule has 44 heavy (non-hydrogen) atoms. The van der Waals surface area contributed by atoms with Gasteiger partial charge in [-0.15, -0.1) is 0 Å². The summed E-state index contributed by atoms with van der Waals surface area (Å²) in [5, 5.41) is 3.64. The number of ether oxygens (including phenoxy) is 5. The van der Waals surface area contributed by atoms with E-state index in [9.17, 15) is 14.0 Å². The number of rotatable bonds is 10. The van der Waals surface area contributed by atoms with Crippen LogP contribution in [-0.2, 0) is 31.2 Å². The number of nitrogens with one attached hydrogen (secondary N) is 1. The molecule has 2 fully saturated rings. The first kappa shape index (κ1) is 30.4. The number of benzene rings is 3. The van der Waals surface area contributed by atoms with Crippen LogP contribution in [0, 0.1) is 11.7 Å². The minimum absolute atomic E-state index is 0.0789. The molecule has 0 amide bonds. The number of hydrogen-bond donors (Lipinski definition) is 1. The van der Waals surface area contributed by atoms with E-state index >= 15 is 0 Å². The fraction of sp³-hybridized carbons (Fsp3) is 0.412. The van der Waals surface area contributed by atoms with Crippen molar-refractivity contribution in [2.24, 2.45) is 5.92 Å². The van der Waals surface area contributed by atoms with E-state index in [-0.39, 0.29) is 35.9 Å². The van der Waals surface area contributed by atoms with E-state index in [1.54, 1.807) is 37.3 Å². The van der Waals surface area contributed by atoms with Crippen LogP contribution in [-0.4, -0.2) is 44.7 Å². The van der Waals surface area contributed by atoms with Crippen LogP contribution in [0.5, 0.6) is 11.5 Å². The Balaban J connectivity index is 1.07. The van der Waals surface area contributed by atoms with Gasteiger partial charge in [0.2, 0.25) is 0 Å². The topological polar surface area (TPSA) is 92.3 Å². The molecule has 1 N–H and O–H groups in total. The zero-order valence-electron chi connectivity index (χ0n) is 24.7. The Labute approximate surface area is 260 Å². The van der Waals surface area contributed by atoms with Gasteiger partial charge in [-0.1, -0.05) is 29.8 Å². The van der Waals surface area contributed by atoms with Crippen molar-refractivity contribution in [2.75, 3.05) is 32.2 Å². The average molecular weight is 624 g/mol. The first-order valence-corrected chi connectivity index (χ1v) is 15.3. The monoisotopic (exact) mass is 623 g/mol. The number of halogens is 2. The molecular formula is C34H35ClFNO7. The average Bonchev–Trinajstić information content (AvgIpc) is 3.34. The number of ketones is 1. The third-order valence-electron chi connectivity index (χ3n) is 8.50. The Bertz CT molecular complexity index is 1550. The van der Waals surface area contributed by atoms with E-state index in [0.29, 0.717) is 48.1 Å². The van der Waals surface area contributed by atoms with E-state index in [1.165, 1.54) is 13.2 Å². The summed E-state index contributed by atoms with van der Waals surface area (Å²) in [6, 6.07) is 15.2. The molecular weight excluding hydrogens is 589 g/mol. The number of para-hydroxylation sites is 1. The predicted molar refractivity (Wildman–Crippen MR) is 162 cm³/mol. The number of hydrogen-bond acceptors (Lipinski definition) is 8. The molecule has 0 aliphatic carbocycles. The van der Waals surface area contributed by atoms with Crippen LogP contribution in [0.1, 0.15) is 65.8 Å². The molecule has 0 aromatic heterocycles. The van der Waals surface area contributed by atoms with Crippen molar-refractivity contribution < 1.29 is 37.7 Å². The lowest BCUT2D eigenvalue weighted by Crippen LogP contribution is -2.33. The molecule has 232 valence electrons. The van der Waals surface area contributed by atoms with Gasteiger partial charge in [-0.25, -0.2) is 9.18 Å². The Morgan fingerprint density at radius 1 is 1.07 bits per heavy atom. The Hall–Kier alpha value is -3.66. The van der Waals surface area contributed by atoms with Crippen LogP contribution in [0.15, 0.2) is 54.6 Å². The molecule has 10 heteroatoms. The lowest BCUT2D eigenvalue weighted by Gasteiger charge is -2.30. The summed E-state index contributed by atoms with van der Waals surface area (Å²) in [6.07, 6.45) is 2.99. The van der Waals surface area contributed by atoms with Gasteiger partial charge in [0.05, 0.1) is 37.1 Å². The zero-order valence-corrected chi connectivity index (χ0v) is 25.5. The minimum atomic E-state index is -1.34. The summed E-state index contributed by atoms with van der Waals surface area (Å²) in [5.74, 6) is -1.05. The molecule has 3 heterocycles. The molecule has 8 nitrogen and oxygen atoms in total. The summed E-state index contributed by atoms with van der Waals surface area (Å²) in [6.45, 7) is 3.46. The summed E-state index contributed by atoms with van der Waals surface area (Å²) in [4.78, 5) is 25.3. The molecule has 6 rings (SSSR count). The molecule has 3 unspecified atom stereocenters. The molecule has 3 aromatic carbocycles. The highest BCUT2D eigenvalue weighted by atomic mass is 35.5. The van der Waals surface area contributed by atoms with Crippen LogP contribution in [0.2, 0.25) is 5.02 Å². The Morgan fingerprint density at radius 3 is 2.61 bits per heavy atom. The molecule has 3 aromatic rings. The van der Waals surface area contributed by atoms with E-state index in [0.717, 1.165) is 36.3 Å². The molecule has 0 spiro atoms. The quantitative estimate of drug-likeness (QED) is 0.247. The number of fused-ring (bicyclic) bond motifs is 1. The second-order valence-electron chi connectivity index (χ2n) is 11.7. The SMILES string of the molecule is COC(=O)c1ccc(CC(=O)CC2CCC(c3cccc4c3OC(C)(c3ccc(Cl)cc3F)O4)OC2)c(NC[C@@H]2CCO2)c1. The molecule has 0 saturated carbocycles. The van der Waals surface area contributed by atoms with Crippen molar-refractivity contribution in [1.82, 2.24) is 0 Å². The van der Waals surface area contributed by atoms with Crippen LogP contribution in [0.4, 0.5) is 10.1 Å². The van der Waals surface area contributed by atoms with E-state index in [2.05, 4.69) is 5.32 Å². The first-order valence-electron chi connectivity index (χ1n) is 14.9. The maximum atomic E-state index is 14.8. The van der Waals surface area contributed by atoms with Gasteiger partial charge in [0.1, 0.15) is 11.6 Å². The minimum Gasteiger partial charge on any atom is -0.465 e. The number of Topliss-reactive ketones (excluding diaryl/α,β-unsaturated/α-hetero) is 1. The number of anilines is 1. The summed E-state index contributed by atoms with van der Waals surface area (Å²) in [7, 11) is 1.34. The maximum absolute atomic E-state index is 14.8. The van der Waals surface area contributed by atoms with E-state index in [1.807, 2.05) is 18.2 Å². The van der Waals surface area contributed by atoms with Crippen molar-refractivity contribution in [2.45, 2.75) is 57.0 Å². The Morgan fingerprint density at radius 2 is 1.91 bits per heavy atom. The van der Waals surface area contributed by atoms with Gasteiger partial charge in [-0.2, -0.15) is 0 Å². The van der Waals surface area contributed by atoms with E-state index < -0.39 is 17.6 Å². The van der Waals surface area contributed by atoms with Crippen molar-refractivity contribution >= 4 is 29.0 Å². The fourth-order valence-electron chi connectivity index (χ4n) is 6.00. The van der Waals surface area contributed by atoms with Crippen LogP contribution >= 0.6 is 11.6 Å². The fourth-order valence-corrected chi connectivity index (χ4v) is 6.16. The van der Waals surface area contributed by atoms with Crippen LogP contribution < -0.4 is 14.8 Å². The smallest absolute Gasteiger partial charge is 0.337 e. The maximum Gasteiger partial charge on any atom is 0.337 e. The van der Waals surface area contributed by atoms with Gasteiger partial charge < -0.3 is 29.0 Å². The number of methoxy groups -OCH3 is 1. The van der Waals surface area contributed by atoms with Crippen molar-refractivity contribution in [3.05, 3.63) is 87.7 Å². The van der Waals surface area contributed by atoms with Gasteiger partial charge in [-0.05, 0) is 67.1 Å². The summed E-state index contributed by atoms with van der Waals surface area (Å²) >= 11 is 5.94. The van der Waals surface area contributed by atoms with Gasteiger partial charge in [0, 0.05) is 49.2 Å². The highest BCUT2D eigenvalue weighted by Crippen LogP contribution is 2.50. The van der Waals surface area contributed by atoms with E-state index in [4.69, 9.17) is 35.3 Å². The number of carbonyl (C=O) groups is 2. The lowest BCUT2D eigenvalue weighted by atomic mass is 9.89. The standard InChI is InChI=1S/C34H35ClFNO7/c1-34(27-10-9-23(35)17-28(27)36)43-31-5-3-4-26(32(31)44-34)30-11-6-20(19-42-30)14-24(38)15-21-7-8-22(33(39)40-2)16-29(21)37-18-25-12-13-41-25/h3-5,7-10,16-17,20,25,30,37H,6,11-15,18-19H2,1-2H3/t20?,25-,30?,34?/m0/s1. The van der Waals surface area contributed by atoms with Crippen molar-refractivity contribution in [1.29, 1.82) is 0 Å². The van der Waals surface area contributed by atoms with Crippen LogP contribution in [0.25, 0.3) is 0 Å². The highest BCUT2D eigenvalue weighted by Gasteiger charge is 2.43. The first-order chi connectivity index (χ1) is 21.2. The number of esters is 1. The second-order valence-corrected chi connectivity index (χ2v) is 12.1. The Kier molecular flexibility index (Phi) is 8.80. The molecule has 0 radical (unpaired) electrons. The third kappa shape index (κ3) is 6.41. The van der Waals surface area contributed by atoms with Gasteiger partial charge >= 0.3 is 5.97 Å². The molecule has 2 saturated heterocycles. The predicted octanol–water partition coefficient (Wildman–Crippen LogP) is 6.78. The van der Waals surface area contributed by atoms with Crippen molar-refractivity contribution in [3.63, 3.8) is 0 Å². The van der Waals surface area contributed by atoms with Gasteiger partial charge in [0.25, 0.3) is 5.79 Å². The molecule has 0 bridgehead atoms. The highest BCUT2D eigenvalue weighted by molar-refractivity contribution is 6.30. The summed E-state index contributed by atoms with van der Waals surface area (Å²) in [5.41, 5.74) is 3.08. The normalized spacial score (nSPS) is 24.0. The molecule has 3 aliphatic rings. The summed E-state index contributed by atoms with van der Waals surface area (Å²) < 4.78 is 43.8. The lowest BCUT2D eigenvalue weighted by molar-refractivity contribution is -0.121. The van der Waals surface area contributed by atoms with Crippen LogP contribution in [0.3, 0.4) is 0 Å². The van der Waals surface area contributed by atoms with Gasteiger partial charge in [0.15, 0.2) is 11.5 Å². The zero-order chi connectivity index (χ0) is 30.8. The van der Waals surface area contributed by atoms with Gasteiger partial charge in [-0.3, -0.25) is 4.79 Å². The molecule has 3 aliphatic heterocycles. The second kappa shape index (κ2) is 12.8. The number of carbonyl (C=O) groups excluding carboxylic acids is 2. The largest absolute Gasteiger partial charge is 0.465 e. The third-order valence-corrected chi connectivity index (χ3v) is 8.73.